The summed E-state index contributed by atoms with van der Waals surface area (Å²) in [5.74, 6) is -1.34. The van der Waals surface area contributed by atoms with Gasteiger partial charge in [-0.3, -0.25) is 0 Å². The van der Waals surface area contributed by atoms with Crippen LogP contribution in [-0.2, 0) is 21.4 Å². The van der Waals surface area contributed by atoms with Gasteiger partial charge < -0.3 is 9.84 Å². The van der Waals surface area contributed by atoms with Crippen molar-refractivity contribution in [2.45, 2.75) is 11.4 Å². The van der Waals surface area contributed by atoms with Crippen LogP contribution in [0, 0.1) is 5.82 Å². The van der Waals surface area contributed by atoms with Crippen molar-refractivity contribution in [1.82, 2.24) is 14.3 Å². The van der Waals surface area contributed by atoms with Gasteiger partial charge in [0.05, 0.1) is 4.90 Å². The number of rotatable bonds is 8. The molecule has 0 spiro atoms. The lowest BCUT2D eigenvalue weighted by molar-refractivity contribution is -0.139. The Hall–Kier alpha value is -3.37. The molecule has 0 amide bonds. The summed E-state index contributed by atoms with van der Waals surface area (Å²) in [5.41, 5.74) is 1.75. The van der Waals surface area contributed by atoms with Crippen LogP contribution in [-0.4, -0.2) is 47.4 Å². The summed E-state index contributed by atoms with van der Waals surface area (Å²) in [7, 11) is -2.41. The predicted molar refractivity (Wildman–Crippen MR) is 106 cm³/mol. The fraction of sp³-hybridized carbons (Fsp3) is 0.150. The number of carboxylic acids is 1. The van der Waals surface area contributed by atoms with Gasteiger partial charge in [0.15, 0.2) is 6.61 Å². The van der Waals surface area contributed by atoms with Crippen molar-refractivity contribution in [2.24, 2.45) is 0 Å². The fourth-order valence-electron chi connectivity index (χ4n) is 2.73. The first-order chi connectivity index (χ1) is 14.3. The zero-order valence-corrected chi connectivity index (χ0v) is 16.7. The molecule has 156 valence electrons. The maximum absolute atomic E-state index is 13.1. The van der Waals surface area contributed by atoms with E-state index >= 15 is 0 Å². The Labute approximate surface area is 172 Å². The van der Waals surface area contributed by atoms with E-state index in [1.807, 2.05) is 0 Å². The van der Waals surface area contributed by atoms with Gasteiger partial charge in [-0.1, -0.05) is 6.07 Å². The van der Waals surface area contributed by atoms with E-state index in [1.165, 1.54) is 25.5 Å². The van der Waals surface area contributed by atoms with Crippen LogP contribution in [0.4, 0.5) is 4.39 Å². The highest BCUT2D eigenvalue weighted by Gasteiger charge is 2.21. The number of hydrogen-bond acceptors (Lipinski definition) is 6. The van der Waals surface area contributed by atoms with Crippen molar-refractivity contribution in [1.29, 1.82) is 0 Å². The molecule has 30 heavy (non-hydrogen) atoms. The number of aliphatic carboxylic acids is 1. The summed E-state index contributed by atoms with van der Waals surface area (Å²) in [4.78, 5) is 18.7. The molecule has 0 saturated heterocycles. The fourth-order valence-corrected chi connectivity index (χ4v) is 3.89. The minimum atomic E-state index is -3.83. The highest BCUT2D eigenvalue weighted by molar-refractivity contribution is 7.89. The van der Waals surface area contributed by atoms with Gasteiger partial charge in [0, 0.05) is 37.1 Å². The lowest BCUT2D eigenvalue weighted by Gasteiger charge is -2.19. The van der Waals surface area contributed by atoms with Gasteiger partial charge >= 0.3 is 5.97 Å². The number of carboxylic acid groups (broad SMARTS) is 1. The second-order valence-corrected chi connectivity index (χ2v) is 8.40. The highest BCUT2D eigenvalue weighted by atomic mass is 32.2. The number of benzene rings is 2. The zero-order valence-electron chi connectivity index (χ0n) is 15.9. The lowest BCUT2D eigenvalue weighted by atomic mass is 10.0. The van der Waals surface area contributed by atoms with Gasteiger partial charge in [-0.05, 0) is 42.0 Å². The topological polar surface area (TPSA) is 110 Å². The van der Waals surface area contributed by atoms with Gasteiger partial charge in [-0.25, -0.2) is 27.6 Å². The van der Waals surface area contributed by atoms with Crippen LogP contribution in [0.15, 0.2) is 66.1 Å². The van der Waals surface area contributed by atoms with Crippen molar-refractivity contribution in [3.63, 3.8) is 0 Å². The third-order valence-electron chi connectivity index (χ3n) is 4.19. The molecular formula is C20H18FN3O5S. The van der Waals surface area contributed by atoms with Gasteiger partial charge in [0.2, 0.25) is 10.0 Å². The van der Waals surface area contributed by atoms with Crippen LogP contribution in [0.1, 0.15) is 5.56 Å². The Balaban J connectivity index is 1.90. The van der Waals surface area contributed by atoms with Gasteiger partial charge in [0.1, 0.15) is 17.9 Å². The van der Waals surface area contributed by atoms with Crippen LogP contribution < -0.4 is 4.74 Å². The molecule has 2 aromatic carbocycles. The van der Waals surface area contributed by atoms with Crippen molar-refractivity contribution in [2.75, 3.05) is 13.7 Å². The molecule has 0 bridgehead atoms. The molecule has 0 aliphatic heterocycles. The quantitative estimate of drug-likeness (QED) is 0.584. The lowest BCUT2D eigenvalue weighted by Crippen LogP contribution is -2.26. The summed E-state index contributed by atoms with van der Waals surface area (Å²) in [6.07, 6.45) is 4.44. The van der Waals surface area contributed by atoms with Crippen molar-refractivity contribution >= 4 is 16.0 Å². The van der Waals surface area contributed by atoms with E-state index in [1.54, 1.807) is 30.6 Å². The van der Waals surface area contributed by atoms with E-state index < -0.39 is 28.4 Å². The largest absolute Gasteiger partial charge is 0.481 e. The summed E-state index contributed by atoms with van der Waals surface area (Å²) in [6, 6.07) is 9.48. The summed E-state index contributed by atoms with van der Waals surface area (Å²) < 4.78 is 45.1. The maximum atomic E-state index is 13.1. The first-order valence-corrected chi connectivity index (χ1v) is 10.2. The molecule has 1 N–H and O–H groups in total. The Morgan fingerprint density at radius 1 is 1.13 bits per heavy atom. The molecule has 0 atom stereocenters. The van der Waals surface area contributed by atoms with Crippen LogP contribution in [0.3, 0.4) is 0 Å². The summed E-state index contributed by atoms with van der Waals surface area (Å²) >= 11 is 0. The smallest absolute Gasteiger partial charge is 0.341 e. The van der Waals surface area contributed by atoms with E-state index in [9.17, 15) is 17.6 Å². The molecule has 0 radical (unpaired) electrons. The molecule has 0 unspecified atom stereocenters. The number of nitrogens with zero attached hydrogens (tertiary/aromatic N) is 3. The predicted octanol–water partition coefficient (Wildman–Crippen LogP) is 2.57. The summed E-state index contributed by atoms with van der Waals surface area (Å²) in [6.45, 7) is -0.501. The Bertz CT molecular complexity index is 1140. The molecule has 3 aromatic rings. The van der Waals surface area contributed by atoms with E-state index in [-0.39, 0.29) is 11.4 Å². The van der Waals surface area contributed by atoms with Gasteiger partial charge in [0.25, 0.3) is 0 Å². The van der Waals surface area contributed by atoms with Crippen LogP contribution in [0.2, 0.25) is 0 Å². The van der Waals surface area contributed by atoms with E-state index in [2.05, 4.69) is 9.97 Å². The summed E-state index contributed by atoms with van der Waals surface area (Å²) in [5, 5.41) is 8.88. The standard InChI is InChI=1S/C20H18FN3O5S/c1-24(30(27,28)17-5-3-16(21)4-6-17)11-14-2-7-19(29-12-20(25)26)18(8-14)15-9-22-13-23-10-15/h2-10,13H,11-12H2,1H3,(H,25,26). The van der Waals surface area contributed by atoms with Crippen LogP contribution in [0.25, 0.3) is 11.1 Å². The first kappa shape index (κ1) is 21.3. The zero-order chi connectivity index (χ0) is 21.7. The highest BCUT2D eigenvalue weighted by Crippen LogP contribution is 2.31. The molecule has 3 rings (SSSR count). The SMILES string of the molecule is CN(Cc1ccc(OCC(=O)O)c(-c2cncnc2)c1)S(=O)(=O)c1ccc(F)cc1. The number of sulfonamides is 1. The maximum Gasteiger partial charge on any atom is 0.341 e. The molecule has 1 heterocycles. The number of aromatic nitrogens is 2. The molecule has 8 nitrogen and oxygen atoms in total. The second kappa shape index (κ2) is 8.97. The van der Waals surface area contributed by atoms with Gasteiger partial charge in [-0.15, -0.1) is 0 Å². The van der Waals surface area contributed by atoms with Crippen LogP contribution in [0.5, 0.6) is 5.75 Å². The van der Waals surface area contributed by atoms with Gasteiger partial charge in [-0.2, -0.15) is 4.31 Å². The molecule has 0 saturated carbocycles. The van der Waals surface area contributed by atoms with E-state index in [4.69, 9.17) is 9.84 Å². The number of carbonyl (C=O) groups is 1. The third kappa shape index (κ3) is 4.97. The minimum Gasteiger partial charge on any atom is -0.481 e. The van der Waals surface area contributed by atoms with Crippen LogP contribution >= 0.6 is 0 Å². The minimum absolute atomic E-state index is 0.0236. The molecular weight excluding hydrogens is 413 g/mol. The number of ether oxygens (including phenoxy) is 1. The molecule has 1 aromatic heterocycles. The Morgan fingerprint density at radius 2 is 1.80 bits per heavy atom. The monoisotopic (exact) mass is 431 g/mol. The molecule has 0 aliphatic rings. The normalized spacial score (nSPS) is 11.4. The van der Waals surface area contributed by atoms with Crippen molar-refractivity contribution in [3.05, 3.63) is 72.6 Å². The first-order valence-electron chi connectivity index (χ1n) is 8.72. The Kier molecular flexibility index (Phi) is 6.38. The van der Waals surface area contributed by atoms with Crippen molar-refractivity contribution in [3.8, 4) is 16.9 Å². The second-order valence-electron chi connectivity index (χ2n) is 6.36. The third-order valence-corrected chi connectivity index (χ3v) is 6.01. The van der Waals surface area contributed by atoms with E-state index in [0.29, 0.717) is 22.4 Å². The Morgan fingerprint density at radius 3 is 2.43 bits per heavy atom. The molecule has 10 heteroatoms. The number of halogens is 1. The average Bonchev–Trinajstić information content (AvgIpc) is 2.73. The number of hydrogen-bond donors (Lipinski definition) is 1. The average molecular weight is 431 g/mol. The molecule has 0 fully saturated rings. The van der Waals surface area contributed by atoms with E-state index in [0.717, 1.165) is 16.4 Å². The molecule has 0 aliphatic carbocycles. The van der Waals surface area contributed by atoms with Crippen molar-refractivity contribution < 1.29 is 27.4 Å².